The van der Waals surface area contributed by atoms with Crippen molar-refractivity contribution in [2.75, 3.05) is 49.9 Å². The van der Waals surface area contributed by atoms with Crippen LogP contribution in [0.2, 0.25) is 0 Å². The second-order valence-electron chi connectivity index (χ2n) is 7.15. The Bertz CT molecular complexity index is 1000. The third-order valence-electron chi connectivity index (χ3n) is 5.12. The smallest absolute Gasteiger partial charge is 0.251 e. The van der Waals surface area contributed by atoms with Gasteiger partial charge < -0.3 is 10.2 Å². The van der Waals surface area contributed by atoms with Crippen LogP contribution < -0.4 is 10.2 Å². The van der Waals surface area contributed by atoms with Crippen LogP contribution in [0.1, 0.15) is 17.3 Å². The van der Waals surface area contributed by atoms with Crippen LogP contribution in [0.3, 0.4) is 0 Å². The summed E-state index contributed by atoms with van der Waals surface area (Å²) in [6.07, 6.45) is 0. The maximum atomic E-state index is 12.3. The molecule has 0 atom stereocenters. The molecule has 1 N–H and O–H groups in total. The molecule has 1 amide bonds. The average Bonchev–Trinajstić information content (AvgIpc) is 3.18. The van der Waals surface area contributed by atoms with Gasteiger partial charge in [-0.25, -0.2) is 4.98 Å². The van der Waals surface area contributed by atoms with Crippen molar-refractivity contribution in [2.45, 2.75) is 11.8 Å². The highest BCUT2D eigenvalue weighted by atomic mass is 79.9. The Kier molecular flexibility index (Phi) is 7.30. The molecule has 158 valence electrons. The highest BCUT2D eigenvalue weighted by Gasteiger charge is 2.20. The Morgan fingerprint density at radius 3 is 2.67 bits per heavy atom. The number of carbonyl (C=O) groups is 1. The Hall–Kier alpha value is -1.61. The van der Waals surface area contributed by atoms with Crippen molar-refractivity contribution < 1.29 is 4.79 Å². The van der Waals surface area contributed by atoms with Crippen LogP contribution in [0.5, 0.6) is 0 Å². The van der Waals surface area contributed by atoms with E-state index in [1.54, 1.807) is 23.1 Å². The molecule has 0 spiro atoms. The Balaban J connectivity index is 1.22. The maximum Gasteiger partial charge on any atom is 0.251 e. The molecule has 1 saturated heterocycles. The minimum Gasteiger partial charge on any atom is -0.351 e. The van der Waals surface area contributed by atoms with E-state index < -0.39 is 0 Å². The molecule has 5 nitrogen and oxygen atoms in total. The summed E-state index contributed by atoms with van der Waals surface area (Å²) in [6.45, 7) is 7.56. The third kappa shape index (κ3) is 5.35. The van der Waals surface area contributed by atoms with Crippen LogP contribution in [0.15, 0.2) is 51.8 Å². The highest BCUT2D eigenvalue weighted by Crippen LogP contribution is 2.31. The van der Waals surface area contributed by atoms with Crippen molar-refractivity contribution in [3.63, 3.8) is 0 Å². The lowest BCUT2D eigenvalue weighted by Crippen LogP contribution is -2.48. The lowest BCUT2D eigenvalue weighted by atomic mass is 10.2. The van der Waals surface area contributed by atoms with Crippen molar-refractivity contribution in [1.82, 2.24) is 15.2 Å². The van der Waals surface area contributed by atoms with E-state index in [-0.39, 0.29) is 5.91 Å². The number of nitrogens with one attached hydrogen (secondary N) is 1. The minimum atomic E-state index is 0.00215. The third-order valence-corrected chi connectivity index (χ3v) is 7.59. The summed E-state index contributed by atoms with van der Waals surface area (Å²) in [5.74, 6) is 1.04. The lowest BCUT2D eigenvalue weighted by molar-refractivity contribution is 0.0947. The molecule has 30 heavy (non-hydrogen) atoms. The zero-order valence-corrected chi connectivity index (χ0v) is 20.2. The quantitative estimate of drug-likeness (QED) is 0.471. The number of thioether (sulfide) groups is 1. The van der Waals surface area contributed by atoms with E-state index in [1.807, 2.05) is 30.3 Å². The van der Waals surface area contributed by atoms with Crippen molar-refractivity contribution in [1.29, 1.82) is 0 Å². The van der Waals surface area contributed by atoms with E-state index in [9.17, 15) is 4.79 Å². The maximum absolute atomic E-state index is 12.3. The first-order valence-corrected chi connectivity index (χ1v) is 12.8. The van der Waals surface area contributed by atoms with E-state index in [0.29, 0.717) is 6.54 Å². The molecule has 2 aromatic carbocycles. The Morgan fingerprint density at radius 1 is 1.17 bits per heavy atom. The average molecular weight is 506 g/mol. The van der Waals surface area contributed by atoms with Gasteiger partial charge in [0.15, 0.2) is 5.13 Å². The number of anilines is 1. The number of thiazole rings is 1. The number of hydrogen-bond donors (Lipinski definition) is 1. The molecule has 2 heterocycles. The van der Waals surface area contributed by atoms with E-state index in [0.717, 1.165) is 59.2 Å². The lowest BCUT2D eigenvalue weighted by Gasteiger charge is -2.34. The fourth-order valence-corrected chi connectivity index (χ4v) is 5.71. The van der Waals surface area contributed by atoms with Gasteiger partial charge in [-0.05, 0) is 48.2 Å². The number of nitrogens with zero attached hydrogens (tertiary/aromatic N) is 3. The summed E-state index contributed by atoms with van der Waals surface area (Å²) in [6, 6.07) is 14.1. The summed E-state index contributed by atoms with van der Waals surface area (Å²) in [5.41, 5.74) is 1.78. The highest BCUT2D eigenvalue weighted by molar-refractivity contribution is 9.10. The first kappa shape index (κ1) is 21.6. The second-order valence-corrected chi connectivity index (χ2v) is 10.4. The van der Waals surface area contributed by atoms with Crippen molar-refractivity contribution in [3.8, 4) is 0 Å². The number of halogens is 1. The molecule has 0 unspecified atom stereocenters. The standard InChI is InChI=1S/C22H25BrN4OS2/c1-2-29-18-6-3-16(4-7-18)21(28)24-9-10-26-11-13-27(14-12-26)22-25-19-8-5-17(23)15-20(19)30-22/h3-8,15H,2,9-14H2,1H3,(H,24,28). The van der Waals surface area contributed by atoms with Gasteiger partial charge in [0.1, 0.15) is 0 Å². The molecular weight excluding hydrogens is 480 g/mol. The Morgan fingerprint density at radius 2 is 1.93 bits per heavy atom. The fourth-order valence-electron chi connectivity index (χ4n) is 3.48. The number of hydrogen-bond acceptors (Lipinski definition) is 6. The zero-order chi connectivity index (χ0) is 20.9. The van der Waals surface area contributed by atoms with Gasteiger partial charge in [-0.1, -0.05) is 34.2 Å². The molecular formula is C22H25BrN4OS2. The van der Waals surface area contributed by atoms with Gasteiger partial charge in [-0.15, -0.1) is 11.8 Å². The number of piperazine rings is 1. The molecule has 0 saturated carbocycles. The van der Waals surface area contributed by atoms with E-state index >= 15 is 0 Å². The summed E-state index contributed by atoms with van der Waals surface area (Å²) in [7, 11) is 0. The molecule has 3 aromatic rings. The van der Waals surface area contributed by atoms with E-state index in [2.05, 4.69) is 50.1 Å². The van der Waals surface area contributed by atoms with Gasteiger partial charge in [0, 0.05) is 54.2 Å². The summed E-state index contributed by atoms with van der Waals surface area (Å²) >= 11 is 7.07. The second kappa shape index (κ2) is 10.1. The van der Waals surface area contributed by atoms with Gasteiger partial charge >= 0.3 is 0 Å². The monoisotopic (exact) mass is 504 g/mol. The predicted molar refractivity (Wildman–Crippen MR) is 131 cm³/mol. The summed E-state index contributed by atoms with van der Waals surface area (Å²) < 4.78 is 2.30. The summed E-state index contributed by atoms with van der Waals surface area (Å²) in [4.78, 5) is 23.1. The fraction of sp³-hybridized carbons (Fsp3) is 0.364. The molecule has 1 aromatic heterocycles. The van der Waals surface area contributed by atoms with Crippen LogP contribution in [0.25, 0.3) is 10.2 Å². The molecule has 1 aliphatic heterocycles. The van der Waals surface area contributed by atoms with Gasteiger partial charge in [-0.2, -0.15) is 0 Å². The molecule has 1 aliphatic rings. The van der Waals surface area contributed by atoms with Crippen LogP contribution in [0, 0.1) is 0 Å². The Labute approximate surface area is 194 Å². The van der Waals surface area contributed by atoms with Gasteiger partial charge in [0.05, 0.1) is 10.2 Å². The number of amides is 1. The molecule has 0 aliphatic carbocycles. The number of fused-ring (bicyclic) bond motifs is 1. The predicted octanol–water partition coefficient (Wildman–Crippen LogP) is 4.72. The van der Waals surface area contributed by atoms with Crippen LogP contribution in [-0.4, -0.2) is 60.8 Å². The van der Waals surface area contributed by atoms with Crippen LogP contribution in [0.4, 0.5) is 5.13 Å². The SMILES string of the molecule is CCSc1ccc(C(=O)NCCN2CCN(c3nc4ccc(Br)cc4s3)CC2)cc1. The number of benzene rings is 2. The van der Waals surface area contributed by atoms with Crippen LogP contribution in [-0.2, 0) is 0 Å². The van der Waals surface area contributed by atoms with Gasteiger partial charge in [-0.3, -0.25) is 9.69 Å². The van der Waals surface area contributed by atoms with Crippen LogP contribution >= 0.6 is 39.0 Å². The van der Waals surface area contributed by atoms with Gasteiger partial charge in [0.25, 0.3) is 5.91 Å². The molecule has 0 radical (unpaired) electrons. The number of carbonyl (C=O) groups excluding carboxylic acids is 1. The van der Waals surface area contributed by atoms with E-state index in [1.165, 1.54) is 9.60 Å². The summed E-state index contributed by atoms with van der Waals surface area (Å²) in [5, 5.41) is 4.15. The number of aromatic nitrogens is 1. The van der Waals surface area contributed by atoms with Crippen molar-refractivity contribution in [3.05, 3.63) is 52.5 Å². The van der Waals surface area contributed by atoms with Crippen molar-refractivity contribution in [2.24, 2.45) is 0 Å². The normalized spacial score (nSPS) is 14.9. The molecule has 0 bridgehead atoms. The molecule has 4 rings (SSSR count). The topological polar surface area (TPSA) is 48.5 Å². The first-order chi connectivity index (χ1) is 14.6. The number of rotatable bonds is 7. The van der Waals surface area contributed by atoms with E-state index in [4.69, 9.17) is 4.98 Å². The molecule has 8 heteroatoms. The largest absolute Gasteiger partial charge is 0.351 e. The van der Waals surface area contributed by atoms with Crippen molar-refractivity contribution >= 4 is 60.3 Å². The first-order valence-electron chi connectivity index (χ1n) is 10.2. The minimum absolute atomic E-state index is 0.00215. The zero-order valence-electron chi connectivity index (χ0n) is 16.9. The molecule has 1 fully saturated rings. The van der Waals surface area contributed by atoms with Gasteiger partial charge in [0.2, 0.25) is 0 Å².